The summed E-state index contributed by atoms with van der Waals surface area (Å²) in [4.78, 5) is 29.2. The van der Waals surface area contributed by atoms with E-state index in [-0.39, 0.29) is 16.7 Å². The molecule has 2 aliphatic rings. The SMILES string of the molecule is CN1CCCCC/C1=N\S(=O)(=O)c1cccc(NC(=O)C2CCCN2C(=O)C(C)(C)C)c1. The number of amides is 2. The third kappa shape index (κ3) is 5.68. The number of nitrogens with zero attached hydrogens (tertiary/aromatic N) is 3. The van der Waals surface area contributed by atoms with Gasteiger partial charge in [-0.1, -0.05) is 33.3 Å². The summed E-state index contributed by atoms with van der Waals surface area (Å²) in [6.07, 6.45) is 4.98. The monoisotopic (exact) mass is 462 g/mol. The van der Waals surface area contributed by atoms with E-state index in [4.69, 9.17) is 0 Å². The summed E-state index contributed by atoms with van der Waals surface area (Å²) in [7, 11) is -2.04. The van der Waals surface area contributed by atoms with Crippen LogP contribution >= 0.6 is 0 Å². The van der Waals surface area contributed by atoms with Crippen molar-refractivity contribution in [2.24, 2.45) is 9.81 Å². The molecule has 2 aliphatic heterocycles. The fourth-order valence-corrected chi connectivity index (χ4v) is 5.25. The Kier molecular flexibility index (Phi) is 7.27. The van der Waals surface area contributed by atoms with Gasteiger partial charge in [0.2, 0.25) is 11.8 Å². The fraction of sp³-hybridized carbons (Fsp3) is 0.609. The lowest BCUT2D eigenvalue weighted by atomic mass is 9.94. The molecule has 2 amide bonds. The van der Waals surface area contributed by atoms with Crippen LogP contribution in [0, 0.1) is 5.41 Å². The summed E-state index contributed by atoms with van der Waals surface area (Å²) >= 11 is 0. The highest BCUT2D eigenvalue weighted by Crippen LogP contribution is 2.27. The number of hydrogen-bond donors (Lipinski definition) is 1. The predicted molar refractivity (Wildman–Crippen MR) is 125 cm³/mol. The van der Waals surface area contributed by atoms with Crippen molar-refractivity contribution in [2.75, 3.05) is 25.5 Å². The first kappa shape index (κ1) is 24.2. The van der Waals surface area contributed by atoms with Crippen molar-refractivity contribution in [1.29, 1.82) is 0 Å². The standard InChI is InChI=1S/C23H34N4O4S/c1-23(2,3)22(29)27-15-9-12-19(27)21(28)24-17-10-8-11-18(16-17)32(30,31)25-20-13-6-5-7-14-26(20)4/h8,10-11,16,19H,5-7,9,12-15H2,1-4H3,(H,24,28)/b25-20+. The second-order valence-corrected chi connectivity index (χ2v) is 11.2. The number of rotatable bonds is 4. The Hall–Kier alpha value is -2.42. The topological polar surface area (TPSA) is 99.2 Å². The molecule has 1 aromatic rings. The number of carbonyl (C=O) groups excluding carboxylic acids is 2. The highest BCUT2D eigenvalue weighted by molar-refractivity contribution is 7.90. The van der Waals surface area contributed by atoms with Gasteiger partial charge in [-0.05, 0) is 43.9 Å². The Bertz CT molecular complexity index is 997. The Morgan fingerprint density at radius 2 is 1.84 bits per heavy atom. The number of nitrogens with one attached hydrogen (secondary N) is 1. The van der Waals surface area contributed by atoms with Crippen molar-refractivity contribution in [3.8, 4) is 0 Å². The molecule has 1 aromatic carbocycles. The number of anilines is 1. The van der Waals surface area contributed by atoms with Crippen LogP contribution in [-0.4, -0.2) is 62.0 Å². The van der Waals surface area contributed by atoms with Gasteiger partial charge in [-0.15, -0.1) is 4.40 Å². The van der Waals surface area contributed by atoms with Gasteiger partial charge in [-0.3, -0.25) is 9.59 Å². The summed E-state index contributed by atoms with van der Waals surface area (Å²) < 4.78 is 29.9. The van der Waals surface area contributed by atoms with Crippen molar-refractivity contribution in [2.45, 2.75) is 70.2 Å². The second kappa shape index (κ2) is 9.60. The van der Waals surface area contributed by atoms with Crippen LogP contribution < -0.4 is 5.32 Å². The summed E-state index contributed by atoms with van der Waals surface area (Å²) in [5.74, 6) is 0.207. The Morgan fingerprint density at radius 3 is 2.56 bits per heavy atom. The van der Waals surface area contributed by atoms with Gasteiger partial charge in [0, 0.05) is 37.7 Å². The molecule has 2 heterocycles. The van der Waals surface area contributed by atoms with Crippen LogP contribution in [0.4, 0.5) is 5.69 Å². The average Bonchev–Trinajstić information content (AvgIpc) is 3.12. The molecule has 2 saturated heterocycles. The van der Waals surface area contributed by atoms with E-state index in [2.05, 4.69) is 9.71 Å². The van der Waals surface area contributed by atoms with Crippen LogP contribution in [-0.2, 0) is 19.6 Å². The Labute approximate surface area is 191 Å². The first-order valence-electron chi connectivity index (χ1n) is 11.3. The highest BCUT2D eigenvalue weighted by atomic mass is 32.2. The van der Waals surface area contributed by atoms with Gasteiger partial charge in [0.1, 0.15) is 11.9 Å². The Balaban J connectivity index is 1.77. The minimum Gasteiger partial charge on any atom is -0.362 e. The molecule has 0 radical (unpaired) electrons. The molecule has 0 aromatic heterocycles. The van der Waals surface area contributed by atoms with Crippen LogP contribution in [0.3, 0.4) is 0 Å². The van der Waals surface area contributed by atoms with Crippen LogP contribution in [0.2, 0.25) is 0 Å². The van der Waals surface area contributed by atoms with E-state index in [1.807, 2.05) is 32.7 Å². The first-order valence-corrected chi connectivity index (χ1v) is 12.7. The molecule has 3 rings (SSSR count). The molecule has 0 bridgehead atoms. The zero-order valence-electron chi connectivity index (χ0n) is 19.4. The summed E-state index contributed by atoms with van der Waals surface area (Å²) in [6.45, 7) is 6.85. The number of amidine groups is 1. The molecule has 0 spiro atoms. The van der Waals surface area contributed by atoms with Gasteiger partial charge in [-0.2, -0.15) is 8.42 Å². The molecule has 8 nitrogen and oxygen atoms in total. The third-order valence-electron chi connectivity index (χ3n) is 5.92. The quantitative estimate of drug-likeness (QED) is 0.740. The summed E-state index contributed by atoms with van der Waals surface area (Å²) in [5.41, 5.74) is -0.193. The zero-order valence-corrected chi connectivity index (χ0v) is 20.2. The zero-order chi connectivity index (χ0) is 23.5. The molecule has 32 heavy (non-hydrogen) atoms. The van der Waals surface area contributed by atoms with Gasteiger partial charge in [0.25, 0.3) is 10.0 Å². The van der Waals surface area contributed by atoms with E-state index in [1.54, 1.807) is 17.0 Å². The van der Waals surface area contributed by atoms with Crippen LogP contribution in [0.25, 0.3) is 0 Å². The van der Waals surface area contributed by atoms with Crippen molar-refractivity contribution in [3.05, 3.63) is 24.3 Å². The number of carbonyl (C=O) groups is 2. The molecule has 176 valence electrons. The molecule has 0 aliphatic carbocycles. The van der Waals surface area contributed by atoms with Gasteiger partial charge >= 0.3 is 0 Å². The molecule has 1 atom stereocenters. The Morgan fingerprint density at radius 1 is 1.09 bits per heavy atom. The van der Waals surface area contributed by atoms with Gasteiger partial charge in [-0.25, -0.2) is 0 Å². The second-order valence-electron chi connectivity index (χ2n) is 9.64. The van der Waals surface area contributed by atoms with E-state index in [1.165, 1.54) is 12.1 Å². The van der Waals surface area contributed by atoms with Crippen molar-refractivity contribution >= 4 is 33.4 Å². The number of hydrogen-bond acceptors (Lipinski definition) is 4. The molecule has 1 N–H and O–H groups in total. The lowest BCUT2D eigenvalue weighted by Crippen LogP contribution is -2.47. The maximum atomic E-state index is 12.9. The summed E-state index contributed by atoms with van der Waals surface area (Å²) in [6, 6.07) is 5.59. The highest BCUT2D eigenvalue weighted by Gasteiger charge is 2.38. The first-order chi connectivity index (χ1) is 15.0. The largest absolute Gasteiger partial charge is 0.362 e. The fourth-order valence-electron chi connectivity index (χ4n) is 4.11. The summed E-state index contributed by atoms with van der Waals surface area (Å²) in [5, 5.41) is 2.80. The molecule has 1 unspecified atom stereocenters. The van der Waals surface area contributed by atoms with Crippen LogP contribution in [0.15, 0.2) is 33.6 Å². The predicted octanol–water partition coefficient (Wildman–Crippen LogP) is 3.26. The lowest BCUT2D eigenvalue weighted by molar-refractivity contribution is -0.143. The molecule has 2 fully saturated rings. The van der Waals surface area contributed by atoms with Crippen molar-refractivity contribution in [3.63, 3.8) is 0 Å². The van der Waals surface area contributed by atoms with Crippen molar-refractivity contribution in [1.82, 2.24) is 9.80 Å². The molecule has 0 saturated carbocycles. The van der Waals surface area contributed by atoms with Gasteiger partial charge < -0.3 is 15.1 Å². The normalized spacial score (nSPS) is 21.5. The smallest absolute Gasteiger partial charge is 0.284 e. The minimum absolute atomic E-state index is 0.0366. The maximum absolute atomic E-state index is 12.9. The van der Waals surface area contributed by atoms with E-state index in [9.17, 15) is 18.0 Å². The van der Waals surface area contributed by atoms with E-state index < -0.39 is 21.5 Å². The van der Waals surface area contributed by atoms with Gasteiger partial charge in [0.05, 0.1) is 4.90 Å². The van der Waals surface area contributed by atoms with Crippen LogP contribution in [0.5, 0.6) is 0 Å². The maximum Gasteiger partial charge on any atom is 0.284 e. The minimum atomic E-state index is -3.90. The number of benzene rings is 1. The van der Waals surface area contributed by atoms with Crippen molar-refractivity contribution < 1.29 is 18.0 Å². The molecule has 9 heteroatoms. The average molecular weight is 463 g/mol. The van der Waals surface area contributed by atoms with E-state index >= 15 is 0 Å². The van der Waals surface area contributed by atoms with Crippen LogP contribution in [0.1, 0.15) is 59.3 Å². The lowest BCUT2D eigenvalue weighted by Gasteiger charge is -2.30. The molecular formula is C23H34N4O4S. The number of likely N-dealkylation sites (tertiary alicyclic amines) is 2. The molecular weight excluding hydrogens is 428 g/mol. The number of sulfonamides is 1. The van der Waals surface area contributed by atoms with E-state index in [0.29, 0.717) is 30.9 Å². The van der Waals surface area contributed by atoms with Gasteiger partial charge in [0.15, 0.2) is 0 Å². The van der Waals surface area contributed by atoms with E-state index in [0.717, 1.165) is 32.2 Å². The third-order valence-corrected chi connectivity index (χ3v) is 7.22.